The zero-order valence-electron chi connectivity index (χ0n) is 12.4. The van der Waals surface area contributed by atoms with Crippen LogP contribution in [0.1, 0.15) is 17.5 Å². The average molecular weight is 278 g/mol. The first-order valence-corrected chi connectivity index (χ1v) is 6.78. The number of benzene rings is 1. The molecule has 0 saturated carbocycles. The van der Waals surface area contributed by atoms with Gasteiger partial charge in [0.2, 0.25) is 5.91 Å². The zero-order valence-corrected chi connectivity index (χ0v) is 12.4. The molecule has 2 rings (SSSR count). The molecule has 0 aromatic heterocycles. The van der Waals surface area contributed by atoms with E-state index in [-0.39, 0.29) is 18.1 Å². The van der Waals surface area contributed by atoms with Crippen LogP contribution in [-0.2, 0) is 9.53 Å². The van der Waals surface area contributed by atoms with Crippen LogP contribution >= 0.6 is 0 Å². The van der Waals surface area contributed by atoms with E-state index in [1.54, 1.807) is 14.2 Å². The number of methoxy groups -OCH3 is 2. The van der Waals surface area contributed by atoms with Gasteiger partial charge in [-0.15, -0.1) is 0 Å². The lowest BCUT2D eigenvalue weighted by Gasteiger charge is -2.16. The van der Waals surface area contributed by atoms with Crippen LogP contribution in [0, 0.1) is 13.8 Å². The van der Waals surface area contributed by atoms with Gasteiger partial charge in [0.1, 0.15) is 5.75 Å². The largest absolute Gasteiger partial charge is 0.496 e. The van der Waals surface area contributed by atoms with Gasteiger partial charge in [0, 0.05) is 24.9 Å². The summed E-state index contributed by atoms with van der Waals surface area (Å²) in [6, 6.07) is 3.65. The molecule has 1 aromatic rings. The van der Waals surface area contributed by atoms with Crippen molar-refractivity contribution >= 4 is 11.6 Å². The summed E-state index contributed by atoms with van der Waals surface area (Å²) in [7, 11) is 3.31. The number of ether oxygens (including phenoxy) is 2. The van der Waals surface area contributed by atoms with Gasteiger partial charge in [0.05, 0.1) is 19.3 Å². The van der Waals surface area contributed by atoms with Crippen LogP contribution in [0.5, 0.6) is 5.75 Å². The van der Waals surface area contributed by atoms with Gasteiger partial charge in [-0.2, -0.15) is 0 Å². The summed E-state index contributed by atoms with van der Waals surface area (Å²) >= 11 is 0. The molecule has 110 valence electrons. The first-order valence-electron chi connectivity index (χ1n) is 6.78. The number of carbonyl (C=O) groups is 1. The maximum atomic E-state index is 12.2. The molecule has 2 atom stereocenters. The van der Waals surface area contributed by atoms with Crippen molar-refractivity contribution in [3.05, 3.63) is 23.3 Å². The fourth-order valence-corrected chi connectivity index (χ4v) is 2.58. The van der Waals surface area contributed by atoms with Gasteiger partial charge in [-0.25, -0.2) is 0 Å². The molecule has 0 aliphatic carbocycles. The maximum Gasteiger partial charge on any atom is 0.241 e. The van der Waals surface area contributed by atoms with Crippen molar-refractivity contribution in [3.63, 3.8) is 0 Å². The molecule has 20 heavy (non-hydrogen) atoms. The molecule has 5 nitrogen and oxygen atoms in total. The second-order valence-corrected chi connectivity index (χ2v) is 5.13. The lowest BCUT2D eigenvalue weighted by Crippen LogP contribution is -2.35. The first kappa shape index (κ1) is 14.8. The predicted molar refractivity (Wildman–Crippen MR) is 78.3 cm³/mol. The number of carbonyl (C=O) groups excluding carboxylic acids is 1. The normalized spacial score (nSPS) is 21.8. The SMILES string of the molecule is COc1c(C)ccc(NC(=O)C2CC(OC)CN2)c1C. The van der Waals surface area contributed by atoms with Gasteiger partial charge < -0.3 is 20.1 Å². The van der Waals surface area contributed by atoms with Crippen molar-refractivity contribution in [1.82, 2.24) is 5.32 Å². The molecule has 1 heterocycles. The van der Waals surface area contributed by atoms with Crippen LogP contribution in [0.15, 0.2) is 12.1 Å². The van der Waals surface area contributed by atoms with Crippen LogP contribution in [0.2, 0.25) is 0 Å². The van der Waals surface area contributed by atoms with Crippen molar-refractivity contribution < 1.29 is 14.3 Å². The Morgan fingerprint density at radius 1 is 1.35 bits per heavy atom. The number of aryl methyl sites for hydroxylation is 1. The summed E-state index contributed by atoms with van der Waals surface area (Å²) in [6.07, 6.45) is 0.809. The van der Waals surface area contributed by atoms with E-state index in [2.05, 4.69) is 10.6 Å². The van der Waals surface area contributed by atoms with Gasteiger partial charge in [0.15, 0.2) is 0 Å². The molecule has 0 bridgehead atoms. The van der Waals surface area contributed by atoms with E-state index in [4.69, 9.17) is 9.47 Å². The number of amides is 1. The molecule has 2 unspecified atom stereocenters. The lowest BCUT2D eigenvalue weighted by molar-refractivity contribution is -0.118. The summed E-state index contributed by atoms with van der Waals surface area (Å²) in [5.74, 6) is 0.788. The number of anilines is 1. The fourth-order valence-electron chi connectivity index (χ4n) is 2.58. The smallest absolute Gasteiger partial charge is 0.241 e. The Morgan fingerprint density at radius 3 is 2.70 bits per heavy atom. The molecule has 1 amide bonds. The molecule has 1 fully saturated rings. The number of hydrogen-bond donors (Lipinski definition) is 2. The zero-order chi connectivity index (χ0) is 14.7. The van der Waals surface area contributed by atoms with Crippen LogP contribution < -0.4 is 15.4 Å². The van der Waals surface area contributed by atoms with Gasteiger partial charge in [0.25, 0.3) is 0 Å². The molecular formula is C15H22N2O3. The Kier molecular flexibility index (Phi) is 4.62. The molecule has 1 aliphatic rings. The lowest BCUT2D eigenvalue weighted by atomic mass is 10.1. The Balaban J connectivity index is 2.09. The molecule has 1 saturated heterocycles. The quantitative estimate of drug-likeness (QED) is 0.879. The maximum absolute atomic E-state index is 12.2. The highest BCUT2D eigenvalue weighted by atomic mass is 16.5. The van der Waals surface area contributed by atoms with Crippen LogP contribution in [-0.4, -0.2) is 38.8 Å². The topological polar surface area (TPSA) is 59.6 Å². The molecule has 1 aliphatic heterocycles. The minimum atomic E-state index is -0.202. The number of rotatable bonds is 4. The minimum absolute atomic E-state index is 0.0291. The van der Waals surface area contributed by atoms with Crippen molar-refractivity contribution in [2.24, 2.45) is 0 Å². The highest BCUT2D eigenvalue weighted by molar-refractivity contribution is 5.96. The van der Waals surface area contributed by atoms with Gasteiger partial charge >= 0.3 is 0 Å². The van der Waals surface area contributed by atoms with Crippen molar-refractivity contribution in [1.29, 1.82) is 0 Å². The van der Waals surface area contributed by atoms with E-state index in [1.807, 2.05) is 26.0 Å². The number of nitrogens with one attached hydrogen (secondary N) is 2. The summed E-state index contributed by atoms with van der Waals surface area (Å²) in [5.41, 5.74) is 2.80. The predicted octanol–water partition coefficient (Wildman–Crippen LogP) is 1.63. The van der Waals surface area contributed by atoms with Gasteiger partial charge in [-0.3, -0.25) is 4.79 Å². The monoisotopic (exact) mass is 278 g/mol. The van der Waals surface area contributed by atoms with Crippen molar-refractivity contribution in [2.75, 3.05) is 26.1 Å². The molecule has 5 heteroatoms. The summed E-state index contributed by atoms with van der Waals surface area (Å²) < 4.78 is 10.6. The standard InChI is InChI=1S/C15H22N2O3/c1-9-5-6-12(10(2)14(9)20-4)17-15(18)13-7-11(19-3)8-16-13/h5-6,11,13,16H,7-8H2,1-4H3,(H,17,18). The second-order valence-electron chi connectivity index (χ2n) is 5.13. The molecular weight excluding hydrogens is 256 g/mol. The highest BCUT2D eigenvalue weighted by Gasteiger charge is 2.29. The third kappa shape index (κ3) is 2.94. The Hall–Kier alpha value is -1.59. The van der Waals surface area contributed by atoms with Crippen molar-refractivity contribution in [2.45, 2.75) is 32.4 Å². The van der Waals surface area contributed by atoms with Gasteiger partial charge in [-0.1, -0.05) is 6.07 Å². The summed E-state index contributed by atoms with van der Waals surface area (Å²) in [6.45, 7) is 4.64. The average Bonchev–Trinajstić information content (AvgIpc) is 2.91. The first-order chi connectivity index (χ1) is 9.56. The Bertz CT molecular complexity index is 502. The van der Waals surface area contributed by atoms with Crippen molar-refractivity contribution in [3.8, 4) is 5.75 Å². The van der Waals surface area contributed by atoms with Gasteiger partial charge in [-0.05, 0) is 31.9 Å². The third-order valence-electron chi connectivity index (χ3n) is 3.81. The molecule has 0 radical (unpaired) electrons. The van der Waals surface area contributed by atoms with E-state index in [0.717, 1.165) is 22.6 Å². The van der Waals surface area contributed by atoms with Crippen LogP contribution in [0.25, 0.3) is 0 Å². The summed E-state index contributed by atoms with van der Waals surface area (Å²) in [5, 5.41) is 6.13. The molecule has 1 aromatic carbocycles. The minimum Gasteiger partial charge on any atom is -0.496 e. The molecule has 0 spiro atoms. The Morgan fingerprint density at radius 2 is 2.10 bits per heavy atom. The fraction of sp³-hybridized carbons (Fsp3) is 0.533. The Labute approximate surface area is 119 Å². The molecule has 2 N–H and O–H groups in total. The van der Waals surface area contributed by atoms with E-state index in [0.29, 0.717) is 13.0 Å². The van der Waals surface area contributed by atoms with Crippen LogP contribution in [0.3, 0.4) is 0 Å². The van der Waals surface area contributed by atoms with E-state index >= 15 is 0 Å². The third-order valence-corrected chi connectivity index (χ3v) is 3.81. The second kappa shape index (κ2) is 6.24. The summed E-state index contributed by atoms with van der Waals surface area (Å²) in [4.78, 5) is 12.2. The number of hydrogen-bond acceptors (Lipinski definition) is 4. The highest BCUT2D eigenvalue weighted by Crippen LogP contribution is 2.29. The van der Waals surface area contributed by atoms with Crippen LogP contribution in [0.4, 0.5) is 5.69 Å². The van der Waals surface area contributed by atoms with E-state index in [9.17, 15) is 4.79 Å². The van der Waals surface area contributed by atoms with E-state index < -0.39 is 0 Å². The van der Waals surface area contributed by atoms with E-state index in [1.165, 1.54) is 0 Å².